The van der Waals surface area contributed by atoms with Gasteiger partial charge in [0.05, 0.1) is 19.0 Å². The van der Waals surface area contributed by atoms with Crippen LogP contribution in [-0.4, -0.2) is 51.5 Å². The number of aliphatic hydroxyl groups is 4. The second kappa shape index (κ2) is 8.26. The number of piperidine rings is 1. The number of β-amino-alcohol motifs (C(OH)–C–C–N with tert-alkyl or cyclic N) is 4. The predicted molar refractivity (Wildman–Crippen MR) is 87.7 cm³/mol. The standard InChI is InChI=1S/C18H17F3NO5.Y/c19-18(20,21)27-14-8-6-12(7-9-14)15-16(23,24)10-22(11-17(15,25)26)13-4-2-1-3-5-13;/h2-9,15,23-26H,10-11H2;/q-1;. The van der Waals surface area contributed by atoms with Crippen LogP contribution in [0.5, 0.6) is 5.75 Å². The molecular formula is C18H17F3NO5Y-. The minimum absolute atomic E-state index is 0. The average Bonchev–Trinajstić information content (AvgIpc) is 2.54. The van der Waals surface area contributed by atoms with E-state index in [4.69, 9.17) is 0 Å². The topological polar surface area (TPSA) is 93.4 Å². The Kier molecular flexibility index (Phi) is 6.80. The molecule has 1 radical (unpaired) electrons. The van der Waals surface area contributed by atoms with Crippen LogP contribution in [0, 0.1) is 6.07 Å². The van der Waals surface area contributed by atoms with Gasteiger partial charge in [-0.1, -0.05) is 17.8 Å². The molecule has 1 fully saturated rings. The summed E-state index contributed by atoms with van der Waals surface area (Å²) in [4.78, 5) is 1.38. The normalized spacial score (nSPS) is 19.0. The van der Waals surface area contributed by atoms with Crippen molar-refractivity contribution in [1.29, 1.82) is 0 Å². The maximum Gasteiger partial charge on any atom is 0.573 e. The molecule has 0 spiro atoms. The molecule has 1 aliphatic heterocycles. The fourth-order valence-electron chi connectivity index (χ4n) is 3.34. The molecule has 1 saturated heterocycles. The van der Waals surface area contributed by atoms with Gasteiger partial charge in [0.2, 0.25) is 0 Å². The molecule has 0 unspecified atom stereocenters. The SMILES string of the molecule is OC1(O)CN(c2cc[c-]cc2)CC(O)(O)C1c1ccc(OC(F)(F)F)cc1.[Y]. The zero-order valence-corrected chi connectivity index (χ0v) is 17.3. The Labute approximate surface area is 184 Å². The van der Waals surface area contributed by atoms with Crippen LogP contribution in [0.4, 0.5) is 18.9 Å². The van der Waals surface area contributed by atoms with E-state index in [1.165, 1.54) is 4.90 Å². The van der Waals surface area contributed by atoms with Crippen molar-refractivity contribution in [3.8, 4) is 5.75 Å². The van der Waals surface area contributed by atoms with E-state index in [2.05, 4.69) is 10.8 Å². The molecule has 0 saturated carbocycles. The number of rotatable bonds is 3. The summed E-state index contributed by atoms with van der Waals surface area (Å²) in [6, 6.07) is 13.4. The maximum absolute atomic E-state index is 12.3. The summed E-state index contributed by atoms with van der Waals surface area (Å²) in [6.45, 7) is -0.684. The second-order valence-corrected chi connectivity index (χ2v) is 6.42. The van der Waals surface area contributed by atoms with Gasteiger partial charge in [-0.15, -0.1) is 25.3 Å². The van der Waals surface area contributed by atoms with Gasteiger partial charge in [-0.25, -0.2) is 0 Å². The minimum atomic E-state index is -4.87. The van der Waals surface area contributed by atoms with Crippen molar-refractivity contribution < 1.29 is 71.0 Å². The zero-order valence-electron chi connectivity index (χ0n) is 14.5. The number of hydrogen-bond acceptors (Lipinski definition) is 6. The van der Waals surface area contributed by atoms with Crippen LogP contribution in [0.15, 0.2) is 48.5 Å². The first-order valence-electron chi connectivity index (χ1n) is 7.94. The molecule has 149 valence electrons. The van der Waals surface area contributed by atoms with E-state index in [9.17, 15) is 33.6 Å². The number of halogens is 3. The number of alkyl halides is 3. The molecule has 1 aliphatic rings. The van der Waals surface area contributed by atoms with Gasteiger partial charge in [0.15, 0.2) is 11.6 Å². The minimum Gasteiger partial charge on any atom is -0.406 e. The van der Waals surface area contributed by atoms with Crippen LogP contribution in [0.3, 0.4) is 0 Å². The summed E-state index contributed by atoms with van der Waals surface area (Å²) in [7, 11) is 0. The van der Waals surface area contributed by atoms with Gasteiger partial charge in [-0.3, -0.25) is 0 Å². The van der Waals surface area contributed by atoms with Crippen molar-refractivity contribution in [2.24, 2.45) is 0 Å². The summed E-state index contributed by atoms with van der Waals surface area (Å²) in [5.41, 5.74) is 0.571. The van der Waals surface area contributed by atoms with Crippen LogP contribution in [0.25, 0.3) is 0 Å². The van der Waals surface area contributed by atoms with Crippen molar-refractivity contribution >= 4 is 5.69 Å². The average molecular weight is 473 g/mol. The van der Waals surface area contributed by atoms with Gasteiger partial charge >= 0.3 is 6.36 Å². The Morgan fingerprint density at radius 2 is 1.43 bits per heavy atom. The number of anilines is 1. The molecule has 0 aliphatic carbocycles. The summed E-state index contributed by atoms with van der Waals surface area (Å²) in [6.07, 6.45) is -4.87. The van der Waals surface area contributed by atoms with Crippen molar-refractivity contribution in [2.75, 3.05) is 18.0 Å². The molecule has 0 atom stereocenters. The first kappa shape index (κ1) is 23.1. The van der Waals surface area contributed by atoms with Gasteiger partial charge in [-0.2, -0.15) is 18.2 Å². The van der Waals surface area contributed by atoms with Gasteiger partial charge < -0.3 is 30.1 Å². The number of hydrogen-bond donors (Lipinski definition) is 4. The molecule has 4 N–H and O–H groups in total. The Bertz CT molecular complexity index is 766. The largest absolute Gasteiger partial charge is 0.573 e. The number of benzene rings is 2. The predicted octanol–water partition coefficient (Wildman–Crippen LogP) is 1.35. The monoisotopic (exact) mass is 473 g/mol. The molecule has 2 aromatic carbocycles. The van der Waals surface area contributed by atoms with E-state index >= 15 is 0 Å². The Hall–Kier alpha value is -1.23. The molecule has 1 heterocycles. The molecule has 2 aromatic rings. The van der Waals surface area contributed by atoms with Crippen molar-refractivity contribution in [3.63, 3.8) is 0 Å². The van der Waals surface area contributed by atoms with E-state index in [0.29, 0.717) is 5.69 Å². The summed E-state index contributed by atoms with van der Waals surface area (Å²) < 4.78 is 40.5. The Morgan fingerprint density at radius 3 is 1.89 bits per heavy atom. The molecular weight excluding hydrogens is 456 g/mol. The van der Waals surface area contributed by atoms with Crippen molar-refractivity contribution in [3.05, 3.63) is 60.2 Å². The fourth-order valence-corrected chi connectivity index (χ4v) is 3.34. The van der Waals surface area contributed by atoms with E-state index in [-0.39, 0.29) is 51.4 Å². The van der Waals surface area contributed by atoms with Gasteiger partial charge in [-0.05, 0) is 17.7 Å². The second-order valence-electron chi connectivity index (χ2n) is 6.42. The van der Waals surface area contributed by atoms with E-state index in [1.807, 2.05) is 0 Å². The van der Waals surface area contributed by atoms with E-state index in [1.54, 1.807) is 24.3 Å². The van der Waals surface area contributed by atoms with Gasteiger partial charge in [0.25, 0.3) is 0 Å². The van der Waals surface area contributed by atoms with Crippen molar-refractivity contribution in [2.45, 2.75) is 23.9 Å². The van der Waals surface area contributed by atoms with Crippen LogP contribution in [0.1, 0.15) is 11.5 Å². The maximum atomic E-state index is 12.3. The van der Waals surface area contributed by atoms with Crippen LogP contribution in [-0.2, 0) is 32.7 Å². The fraction of sp³-hybridized carbons (Fsp3) is 0.333. The third kappa shape index (κ3) is 5.22. The summed E-state index contributed by atoms with van der Waals surface area (Å²) in [5, 5.41) is 41.9. The molecule has 6 nitrogen and oxygen atoms in total. The molecule has 0 aromatic heterocycles. The molecule has 28 heavy (non-hydrogen) atoms. The quantitative estimate of drug-likeness (QED) is 0.398. The Balaban J connectivity index is 0.00000280. The molecule has 10 heteroatoms. The van der Waals surface area contributed by atoms with Crippen LogP contribution in [0.2, 0.25) is 0 Å². The van der Waals surface area contributed by atoms with E-state index < -0.39 is 29.6 Å². The molecule has 3 rings (SSSR count). The number of nitrogens with zero attached hydrogens (tertiary/aromatic N) is 1. The number of ether oxygens (including phenoxy) is 1. The third-order valence-corrected chi connectivity index (χ3v) is 4.28. The Morgan fingerprint density at radius 1 is 0.929 bits per heavy atom. The van der Waals surface area contributed by atoms with E-state index in [0.717, 1.165) is 24.3 Å². The zero-order chi connectivity index (χ0) is 19.9. The third-order valence-electron chi connectivity index (χ3n) is 4.28. The van der Waals surface area contributed by atoms with Gasteiger partial charge in [0, 0.05) is 32.7 Å². The first-order valence-corrected chi connectivity index (χ1v) is 7.94. The van der Waals surface area contributed by atoms with Crippen LogP contribution < -0.4 is 9.64 Å². The van der Waals surface area contributed by atoms with Crippen LogP contribution >= 0.6 is 0 Å². The summed E-state index contributed by atoms with van der Waals surface area (Å²) >= 11 is 0. The van der Waals surface area contributed by atoms with Crippen molar-refractivity contribution in [1.82, 2.24) is 0 Å². The molecule has 0 amide bonds. The summed E-state index contributed by atoms with van der Waals surface area (Å²) in [5.74, 6) is -7.20. The molecule has 0 bridgehead atoms. The smallest absolute Gasteiger partial charge is 0.406 e. The van der Waals surface area contributed by atoms with Gasteiger partial charge in [0.1, 0.15) is 5.75 Å². The first-order chi connectivity index (χ1) is 12.5.